The first kappa shape index (κ1) is 15.2. The van der Waals surface area contributed by atoms with Gasteiger partial charge >= 0.3 is 0 Å². The molecule has 1 aromatic heterocycles. The second-order valence-corrected chi connectivity index (χ2v) is 6.96. The fourth-order valence-electron chi connectivity index (χ4n) is 3.04. The average Bonchev–Trinajstić information content (AvgIpc) is 3.15. The maximum atomic E-state index is 13.0. The summed E-state index contributed by atoms with van der Waals surface area (Å²) < 4.78 is 13.0. The van der Waals surface area contributed by atoms with E-state index >= 15 is 0 Å². The highest BCUT2D eigenvalue weighted by Crippen LogP contribution is 2.34. The Morgan fingerprint density at radius 3 is 2.75 bits per heavy atom. The number of hydrogen-bond acceptors (Lipinski definition) is 5. The minimum absolute atomic E-state index is 0.159. The van der Waals surface area contributed by atoms with E-state index in [0.29, 0.717) is 18.0 Å². The van der Waals surface area contributed by atoms with E-state index in [9.17, 15) is 9.50 Å². The van der Waals surface area contributed by atoms with E-state index < -0.39 is 6.10 Å². The van der Waals surface area contributed by atoms with Gasteiger partial charge in [0.25, 0.3) is 0 Å². The maximum Gasteiger partial charge on any atom is 0.206 e. The molecule has 2 aromatic carbocycles. The monoisotopic (exact) mass is 341 g/mol. The largest absolute Gasteiger partial charge is 0.390 e. The van der Waals surface area contributed by atoms with E-state index in [1.807, 2.05) is 24.3 Å². The number of rotatable bonds is 4. The number of benzene rings is 2. The Balaban J connectivity index is 1.48. The number of anilines is 1. The van der Waals surface area contributed by atoms with E-state index in [2.05, 4.69) is 15.5 Å². The number of hydrogen-bond donors (Lipinski definition) is 2. The van der Waals surface area contributed by atoms with Crippen molar-refractivity contribution in [3.8, 4) is 0 Å². The second kappa shape index (κ2) is 6.30. The van der Waals surface area contributed by atoms with E-state index in [0.717, 1.165) is 16.1 Å². The van der Waals surface area contributed by atoms with E-state index in [4.69, 9.17) is 0 Å². The van der Waals surface area contributed by atoms with Crippen LogP contribution in [0.15, 0.2) is 48.5 Å². The summed E-state index contributed by atoms with van der Waals surface area (Å²) in [5.74, 6) is -0.243. The van der Waals surface area contributed by atoms with Crippen molar-refractivity contribution in [1.29, 1.82) is 0 Å². The molecule has 6 heteroatoms. The molecule has 0 radical (unpaired) electrons. The number of halogens is 1. The van der Waals surface area contributed by atoms with Crippen LogP contribution < -0.4 is 5.32 Å². The number of fused-ring (bicyclic) bond motifs is 1. The van der Waals surface area contributed by atoms with Gasteiger partial charge in [0.15, 0.2) is 0 Å². The Morgan fingerprint density at radius 1 is 1.12 bits per heavy atom. The smallest absolute Gasteiger partial charge is 0.206 e. The quantitative estimate of drug-likeness (QED) is 0.764. The first-order valence-electron chi connectivity index (χ1n) is 7.78. The Kier molecular flexibility index (Phi) is 4.00. The highest BCUT2D eigenvalue weighted by molar-refractivity contribution is 7.15. The molecule has 24 heavy (non-hydrogen) atoms. The lowest BCUT2D eigenvalue weighted by molar-refractivity contribution is 0.166. The lowest BCUT2D eigenvalue weighted by Crippen LogP contribution is -2.21. The van der Waals surface area contributed by atoms with Crippen LogP contribution in [0.3, 0.4) is 0 Å². The molecule has 122 valence electrons. The standard InChI is InChI=1S/C18H16FN3OS/c19-13-7-5-11(6-8-13)9-16-21-22-18(24-16)20-17-14-4-2-1-3-12(14)10-15(17)23/h1-8,15,17,23H,9-10H2,(H,20,22)/t15-,17+/m0/s1. The van der Waals surface area contributed by atoms with Crippen LogP contribution in [0.25, 0.3) is 0 Å². The molecule has 3 aromatic rings. The summed E-state index contributed by atoms with van der Waals surface area (Å²) in [5.41, 5.74) is 3.27. The van der Waals surface area contributed by atoms with E-state index in [1.165, 1.54) is 29.0 Å². The molecule has 0 bridgehead atoms. The fourth-order valence-corrected chi connectivity index (χ4v) is 3.85. The van der Waals surface area contributed by atoms with Crippen molar-refractivity contribution in [2.24, 2.45) is 0 Å². The third kappa shape index (κ3) is 3.02. The predicted octanol–water partition coefficient (Wildman–Crippen LogP) is 3.34. The molecule has 0 saturated heterocycles. The second-order valence-electron chi connectivity index (χ2n) is 5.90. The zero-order valence-corrected chi connectivity index (χ0v) is 13.6. The first-order valence-corrected chi connectivity index (χ1v) is 8.60. The molecule has 0 fully saturated rings. The highest BCUT2D eigenvalue weighted by Gasteiger charge is 2.31. The number of nitrogens with zero attached hydrogens (tertiary/aromatic N) is 2. The molecule has 2 N–H and O–H groups in total. The van der Waals surface area contributed by atoms with Crippen molar-refractivity contribution in [3.05, 3.63) is 76.0 Å². The van der Waals surface area contributed by atoms with Crippen molar-refractivity contribution in [2.75, 3.05) is 5.32 Å². The van der Waals surface area contributed by atoms with Crippen LogP contribution >= 0.6 is 11.3 Å². The Morgan fingerprint density at radius 2 is 1.92 bits per heavy atom. The summed E-state index contributed by atoms with van der Waals surface area (Å²) >= 11 is 1.46. The lowest BCUT2D eigenvalue weighted by Gasteiger charge is -2.16. The molecule has 1 aliphatic carbocycles. The van der Waals surface area contributed by atoms with Crippen molar-refractivity contribution >= 4 is 16.5 Å². The zero-order valence-electron chi connectivity index (χ0n) is 12.8. The minimum atomic E-state index is -0.466. The minimum Gasteiger partial charge on any atom is -0.390 e. The van der Waals surface area contributed by atoms with Crippen LogP contribution in [-0.4, -0.2) is 21.4 Å². The van der Waals surface area contributed by atoms with Crippen LogP contribution in [-0.2, 0) is 12.8 Å². The Bertz CT molecular complexity index is 849. The first-order chi connectivity index (χ1) is 11.7. The van der Waals surface area contributed by atoms with E-state index in [-0.39, 0.29) is 11.9 Å². The predicted molar refractivity (Wildman–Crippen MR) is 91.6 cm³/mol. The third-order valence-electron chi connectivity index (χ3n) is 4.22. The van der Waals surface area contributed by atoms with Gasteiger partial charge in [0.05, 0.1) is 12.1 Å². The number of aliphatic hydroxyl groups is 1. The van der Waals surface area contributed by atoms with Gasteiger partial charge in [-0.25, -0.2) is 4.39 Å². The van der Waals surface area contributed by atoms with Gasteiger partial charge in [0.1, 0.15) is 10.8 Å². The molecule has 4 rings (SSSR count). The van der Waals surface area contributed by atoms with Gasteiger partial charge in [0.2, 0.25) is 5.13 Å². The summed E-state index contributed by atoms with van der Waals surface area (Å²) in [7, 11) is 0. The summed E-state index contributed by atoms with van der Waals surface area (Å²) in [6.45, 7) is 0. The van der Waals surface area contributed by atoms with Crippen LogP contribution in [0.5, 0.6) is 0 Å². The molecular formula is C18H16FN3OS. The third-order valence-corrected chi connectivity index (χ3v) is 5.07. The number of aromatic nitrogens is 2. The van der Waals surface area contributed by atoms with Crippen LogP contribution in [0.1, 0.15) is 27.7 Å². The van der Waals surface area contributed by atoms with Gasteiger partial charge in [0, 0.05) is 12.8 Å². The molecule has 0 saturated carbocycles. The molecule has 1 aliphatic rings. The SMILES string of the molecule is O[C@H]1Cc2ccccc2[C@H]1Nc1nnc(Cc2ccc(F)cc2)s1. The average molecular weight is 341 g/mol. The molecular weight excluding hydrogens is 325 g/mol. The van der Waals surface area contributed by atoms with Crippen molar-refractivity contribution in [3.63, 3.8) is 0 Å². The van der Waals surface area contributed by atoms with Crippen molar-refractivity contribution < 1.29 is 9.50 Å². The molecule has 0 spiro atoms. The Labute approximate surface area is 143 Å². The van der Waals surface area contributed by atoms with Gasteiger partial charge < -0.3 is 10.4 Å². The zero-order chi connectivity index (χ0) is 16.5. The van der Waals surface area contributed by atoms with Crippen LogP contribution in [0.4, 0.5) is 9.52 Å². The summed E-state index contributed by atoms with van der Waals surface area (Å²) in [6, 6.07) is 14.3. The molecule has 4 nitrogen and oxygen atoms in total. The van der Waals surface area contributed by atoms with Gasteiger partial charge in [-0.3, -0.25) is 0 Å². The summed E-state index contributed by atoms with van der Waals surface area (Å²) in [4.78, 5) is 0. The number of nitrogens with one attached hydrogen (secondary N) is 1. The van der Waals surface area contributed by atoms with Gasteiger partial charge in [-0.2, -0.15) is 0 Å². The topological polar surface area (TPSA) is 58.0 Å². The Hall–Kier alpha value is -2.31. The summed E-state index contributed by atoms with van der Waals surface area (Å²) in [6.07, 6.45) is 0.797. The number of aliphatic hydroxyl groups excluding tert-OH is 1. The molecule has 0 amide bonds. The van der Waals surface area contributed by atoms with Gasteiger partial charge in [-0.1, -0.05) is 47.7 Å². The highest BCUT2D eigenvalue weighted by atomic mass is 32.1. The van der Waals surface area contributed by atoms with Gasteiger partial charge in [-0.15, -0.1) is 10.2 Å². The van der Waals surface area contributed by atoms with Crippen molar-refractivity contribution in [1.82, 2.24) is 10.2 Å². The lowest BCUT2D eigenvalue weighted by atomic mass is 10.1. The molecule has 2 atom stereocenters. The molecule has 0 aliphatic heterocycles. The normalized spacial score (nSPS) is 19.2. The summed E-state index contributed by atoms with van der Waals surface area (Å²) in [5, 5.41) is 23.5. The van der Waals surface area contributed by atoms with Crippen LogP contribution in [0.2, 0.25) is 0 Å². The fraction of sp³-hybridized carbons (Fsp3) is 0.222. The molecule has 1 heterocycles. The maximum absolute atomic E-state index is 13.0. The van der Waals surface area contributed by atoms with Gasteiger partial charge in [-0.05, 0) is 28.8 Å². The van der Waals surface area contributed by atoms with E-state index in [1.54, 1.807) is 12.1 Å². The van der Waals surface area contributed by atoms with Crippen molar-refractivity contribution in [2.45, 2.75) is 25.0 Å². The van der Waals surface area contributed by atoms with Crippen LogP contribution in [0, 0.1) is 5.82 Å². The molecule has 0 unspecified atom stereocenters.